The van der Waals surface area contributed by atoms with Crippen molar-refractivity contribution >= 4 is 22.6 Å². The molecule has 1 rings (SSSR count). The molecule has 4 nitrogen and oxygen atoms in total. The van der Waals surface area contributed by atoms with E-state index >= 15 is 0 Å². The smallest absolute Gasteiger partial charge is 0.0758 e. The first kappa shape index (κ1) is 15.9. The van der Waals surface area contributed by atoms with Crippen LogP contribution in [-0.4, -0.2) is 36.7 Å². The lowest BCUT2D eigenvalue weighted by Gasteiger charge is -2.07. The molecule has 0 N–H and O–H groups in total. The monoisotopic (exact) mass is 366 g/mol. The number of hydrogen-bond acceptors (Lipinski definition) is 3. The maximum absolute atomic E-state index is 5.46. The second-order valence-corrected chi connectivity index (χ2v) is 5.18. The van der Waals surface area contributed by atoms with E-state index in [4.69, 9.17) is 9.47 Å². The fourth-order valence-electron chi connectivity index (χ4n) is 1.84. The van der Waals surface area contributed by atoms with Crippen LogP contribution in [0.25, 0.3) is 0 Å². The molecule has 0 aliphatic carbocycles. The first-order valence-corrected chi connectivity index (χ1v) is 7.63. The van der Waals surface area contributed by atoms with Crippen molar-refractivity contribution in [3.05, 3.63) is 15.0 Å². The van der Waals surface area contributed by atoms with E-state index in [0.717, 1.165) is 32.4 Å². The molecule has 0 radical (unpaired) electrons. The topological polar surface area (TPSA) is 36.3 Å². The molecule has 0 saturated carbocycles. The highest BCUT2D eigenvalue weighted by atomic mass is 127. The Morgan fingerprint density at radius 2 is 1.94 bits per heavy atom. The van der Waals surface area contributed by atoms with Gasteiger partial charge in [-0.05, 0) is 41.9 Å². The van der Waals surface area contributed by atoms with Crippen molar-refractivity contribution < 1.29 is 9.47 Å². The average molecular weight is 366 g/mol. The van der Waals surface area contributed by atoms with Crippen LogP contribution < -0.4 is 0 Å². The van der Waals surface area contributed by atoms with Crippen molar-refractivity contribution in [3.63, 3.8) is 0 Å². The van der Waals surface area contributed by atoms with Gasteiger partial charge >= 0.3 is 0 Å². The molecule has 0 spiro atoms. The van der Waals surface area contributed by atoms with Gasteiger partial charge in [0.25, 0.3) is 0 Å². The molecule has 1 aromatic heterocycles. The number of aryl methyl sites for hydroxylation is 2. The van der Waals surface area contributed by atoms with Crippen molar-refractivity contribution in [1.29, 1.82) is 0 Å². The fraction of sp³-hybridized carbons (Fsp3) is 0.769. The van der Waals surface area contributed by atoms with Gasteiger partial charge in [0, 0.05) is 20.3 Å². The van der Waals surface area contributed by atoms with Gasteiger partial charge in [-0.25, -0.2) is 0 Å². The number of halogens is 1. The van der Waals surface area contributed by atoms with Crippen LogP contribution >= 0.6 is 22.6 Å². The first-order chi connectivity index (χ1) is 8.74. The largest absolute Gasteiger partial charge is 0.382 e. The summed E-state index contributed by atoms with van der Waals surface area (Å²) in [5, 5.41) is 4.66. The van der Waals surface area contributed by atoms with Crippen LogP contribution in [0.5, 0.6) is 0 Å². The summed E-state index contributed by atoms with van der Waals surface area (Å²) in [6.45, 7) is 7.39. The Hall–Kier alpha value is -0.140. The van der Waals surface area contributed by atoms with Crippen LogP contribution in [-0.2, 0) is 28.9 Å². The maximum atomic E-state index is 5.46. The summed E-state index contributed by atoms with van der Waals surface area (Å²) in [6.07, 6.45) is 3.04. The van der Waals surface area contributed by atoms with Crippen LogP contribution in [0.15, 0.2) is 0 Å². The van der Waals surface area contributed by atoms with E-state index in [1.165, 1.54) is 15.0 Å². The zero-order valence-electron chi connectivity index (χ0n) is 11.5. The van der Waals surface area contributed by atoms with E-state index in [-0.39, 0.29) is 0 Å². The van der Waals surface area contributed by atoms with Gasteiger partial charge in [0.1, 0.15) is 0 Å². The predicted molar refractivity (Wildman–Crippen MR) is 81.0 cm³/mol. The molecule has 0 fully saturated rings. The van der Waals surface area contributed by atoms with E-state index in [9.17, 15) is 0 Å². The Labute approximate surface area is 123 Å². The highest BCUT2D eigenvalue weighted by Gasteiger charge is 2.12. The van der Waals surface area contributed by atoms with Gasteiger partial charge in [-0.2, -0.15) is 5.10 Å². The molecule has 0 unspecified atom stereocenters. The number of aromatic nitrogens is 2. The van der Waals surface area contributed by atoms with Gasteiger partial charge in [-0.1, -0.05) is 13.8 Å². The van der Waals surface area contributed by atoms with Crippen molar-refractivity contribution in [2.24, 2.45) is 0 Å². The Bertz CT molecular complexity index is 353. The number of nitrogens with zero attached hydrogens (tertiary/aromatic N) is 2. The zero-order valence-corrected chi connectivity index (χ0v) is 13.7. The number of ether oxygens (including phenoxy) is 2. The summed E-state index contributed by atoms with van der Waals surface area (Å²) < 4.78 is 13.9. The van der Waals surface area contributed by atoms with E-state index < -0.39 is 0 Å². The van der Waals surface area contributed by atoms with Gasteiger partial charge in [0.2, 0.25) is 0 Å². The number of hydrogen-bond donors (Lipinski definition) is 0. The Morgan fingerprint density at radius 1 is 1.17 bits per heavy atom. The van der Waals surface area contributed by atoms with Gasteiger partial charge in [-0.3, -0.25) is 4.68 Å². The highest BCUT2D eigenvalue weighted by Crippen LogP contribution is 2.18. The number of methoxy groups -OCH3 is 1. The standard InChI is InChI=1S/C13H23IN2O2/c1-4-11-13(14)12(5-2)16(15-11)7-6-8-18-10-9-17-3/h4-10H2,1-3H3. The average Bonchev–Trinajstić information content (AvgIpc) is 2.69. The van der Waals surface area contributed by atoms with Gasteiger partial charge in [0.15, 0.2) is 0 Å². The van der Waals surface area contributed by atoms with Gasteiger partial charge in [-0.15, -0.1) is 0 Å². The molecule has 104 valence electrons. The molecule has 0 atom stereocenters. The van der Waals surface area contributed by atoms with E-state index in [1.807, 2.05) is 0 Å². The molecule has 0 aliphatic heterocycles. The molecule has 0 bridgehead atoms. The third kappa shape index (κ3) is 4.51. The van der Waals surface area contributed by atoms with Crippen molar-refractivity contribution in [2.45, 2.75) is 39.7 Å². The maximum Gasteiger partial charge on any atom is 0.0758 e. The fourth-order valence-corrected chi connectivity index (χ4v) is 2.99. The molecule has 0 amide bonds. The summed E-state index contributed by atoms with van der Waals surface area (Å²) in [5.41, 5.74) is 2.57. The summed E-state index contributed by atoms with van der Waals surface area (Å²) in [6, 6.07) is 0. The summed E-state index contributed by atoms with van der Waals surface area (Å²) in [7, 11) is 1.69. The normalized spacial score (nSPS) is 11.1. The molecule has 0 aromatic carbocycles. The molecule has 0 saturated heterocycles. The minimum atomic E-state index is 0.667. The third-order valence-electron chi connectivity index (χ3n) is 2.82. The number of rotatable bonds is 9. The lowest BCUT2D eigenvalue weighted by atomic mass is 10.2. The Balaban J connectivity index is 2.41. The second-order valence-electron chi connectivity index (χ2n) is 4.10. The van der Waals surface area contributed by atoms with Crippen LogP contribution in [0.4, 0.5) is 0 Å². The lowest BCUT2D eigenvalue weighted by molar-refractivity contribution is 0.0676. The Morgan fingerprint density at radius 3 is 2.56 bits per heavy atom. The minimum Gasteiger partial charge on any atom is -0.382 e. The second kappa shape index (κ2) is 8.87. The minimum absolute atomic E-state index is 0.667. The van der Waals surface area contributed by atoms with Crippen LogP contribution in [0, 0.1) is 3.57 Å². The van der Waals surface area contributed by atoms with Crippen molar-refractivity contribution in [2.75, 3.05) is 26.9 Å². The summed E-state index contributed by atoms with van der Waals surface area (Å²) >= 11 is 2.41. The molecule has 1 aromatic rings. The molecular formula is C13H23IN2O2. The molecule has 18 heavy (non-hydrogen) atoms. The van der Waals surface area contributed by atoms with Crippen LogP contribution in [0.1, 0.15) is 31.7 Å². The Kier molecular flexibility index (Phi) is 7.85. The van der Waals surface area contributed by atoms with Crippen LogP contribution in [0.3, 0.4) is 0 Å². The van der Waals surface area contributed by atoms with E-state index in [0.29, 0.717) is 13.2 Å². The zero-order chi connectivity index (χ0) is 13.4. The molecule has 1 heterocycles. The van der Waals surface area contributed by atoms with E-state index in [1.54, 1.807) is 7.11 Å². The summed E-state index contributed by atoms with van der Waals surface area (Å²) in [4.78, 5) is 0. The quantitative estimate of drug-likeness (QED) is 0.498. The third-order valence-corrected chi connectivity index (χ3v) is 4.07. The summed E-state index contributed by atoms with van der Waals surface area (Å²) in [5.74, 6) is 0. The van der Waals surface area contributed by atoms with Crippen LogP contribution in [0.2, 0.25) is 0 Å². The molecular weight excluding hydrogens is 343 g/mol. The lowest BCUT2D eigenvalue weighted by Crippen LogP contribution is -2.09. The van der Waals surface area contributed by atoms with Gasteiger partial charge in [0.05, 0.1) is 28.2 Å². The van der Waals surface area contributed by atoms with Crippen molar-refractivity contribution in [1.82, 2.24) is 9.78 Å². The van der Waals surface area contributed by atoms with Gasteiger partial charge < -0.3 is 9.47 Å². The van der Waals surface area contributed by atoms with Crippen molar-refractivity contribution in [3.8, 4) is 0 Å². The first-order valence-electron chi connectivity index (χ1n) is 6.55. The van der Waals surface area contributed by atoms with E-state index in [2.05, 4.69) is 46.2 Å². The molecule has 5 heteroatoms. The molecule has 0 aliphatic rings. The highest BCUT2D eigenvalue weighted by molar-refractivity contribution is 14.1. The predicted octanol–water partition coefficient (Wildman–Crippen LogP) is 2.67. The SMILES string of the molecule is CCc1nn(CCCOCCOC)c(CC)c1I.